The smallest absolute Gasteiger partial charge is 0.0654 e. The van der Waals surface area contributed by atoms with Gasteiger partial charge in [-0.2, -0.15) is 0 Å². The molecule has 0 aromatic rings. The molecule has 0 radical (unpaired) electrons. The molecule has 1 nitrogen and oxygen atoms in total. The summed E-state index contributed by atoms with van der Waals surface area (Å²) in [6.45, 7) is 7.30. The summed E-state index contributed by atoms with van der Waals surface area (Å²) < 4.78 is 5.38. The van der Waals surface area contributed by atoms with E-state index < -0.39 is 0 Å². The lowest BCUT2D eigenvalue weighted by atomic mass is 9.95. The Kier molecular flexibility index (Phi) is 1.91. The molecule has 1 aliphatic rings. The molecule has 0 N–H and O–H groups in total. The summed E-state index contributed by atoms with van der Waals surface area (Å²) in [5, 5.41) is 0. The first-order valence-electron chi connectivity index (χ1n) is 3.50. The van der Waals surface area contributed by atoms with Crippen LogP contribution in [-0.2, 0) is 4.74 Å². The lowest BCUT2D eigenvalue weighted by molar-refractivity contribution is 0.0474. The summed E-state index contributed by atoms with van der Waals surface area (Å²) in [7, 11) is 0. The van der Waals surface area contributed by atoms with Crippen LogP contribution in [0.15, 0.2) is 11.6 Å². The largest absolute Gasteiger partial charge is 0.374 e. The standard InChI is InChI=1S/C8H14O/c1-6-4-5-9-8(3)7(6)2/h4,7-8H,5H2,1-3H3. The molecule has 1 heterocycles. The van der Waals surface area contributed by atoms with Gasteiger partial charge in [-0.15, -0.1) is 0 Å². The summed E-state index contributed by atoms with van der Waals surface area (Å²) >= 11 is 0. The van der Waals surface area contributed by atoms with Crippen molar-refractivity contribution in [2.24, 2.45) is 5.92 Å². The molecule has 1 aliphatic heterocycles. The Labute approximate surface area is 56.7 Å². The van der Waals surface area contributed by atoms with Crippen molar-refractivity contribution in [2.45, 2.75) is 26.9 Å². The first-order chi connectivity index (χ1) is 4.22. The molecule has 2 unspecified atom stereocenters. The van der Waals surface area contributed by atoms with E-state index in [1.165, 1.54) is 5.57 Å². The van der Waals surface area contributed by atoms with Crippen molar-refractivity contribution in [1.29, 1.82) is 0 Å². The molecule has 0 amide bonds. The Morgan fingerprint density at radius 1 is 1.56 bits per heavy atom. The van der Waals surface area contributed by atoms with Crippen LogP contribution in [0.2, 0.25) is 0 Å². The van der Waals surface area contributed by atoms with Gasteiger partial charge < -0.3 is 4.74 Å². The number of rotatable bonds is 0. The third-order valence-electron chi connectivity index (χ3n) is 2.19. The number of ether oxygens (including phenoxy) is 1. The lowest BCUT2D eigenvalue weighted by Gasteiger charge is -2.25. The SMILES string of the molecule is CC1=CCOC(C)C1C. The predicted octanol–water partition coefficient (Wildman–Crippen LogP) is 1.99. The zero-order valence-corrected chi connectivity index (χ0v) is 6.35. The van der Waals surface area contributed by atoms with Crippen LogP contribution in [0.1, 0.15) is 20.8 Å². The highest BCUT2D eigenvalue weighted by molar-refractivity contribution is 5.06. The molecular weight excluding hydrogens is 112 g/mol. The Morgan fingerprint density at radius 3 is 2.67 bits per heavy atom. The molecule has 1 heteroatoms. The first-order valence-corrected chi connectivity index (χ1v) is 3.50. The highest BCUT2D eigenvalue weighted by Gasteiger charge is 2.16. The van der Waals surface area contributed by atoms with Gasteiger partial charge in [-0.1, -0.05) is 18.6 Å². The average Bonchev–Trinajstić information content (AvgIpc) is 1.83. The van der Waals surface area contributed by atoms with Gasteiger partial charge in [-0.05, 0) is 13.8 Å². The summed E-state index contributed by atoms with van der Waals surface area (Å²) in [5.74, 6) is 0.610. The summed E-state index contributed by atoms with van der Waals surface area (Å²) in [6.07, 6.45) is 2.57. The van der Waals surface area contributed by atoms with Gasteiger partial charge in [0.2, 0.25) is 0 Å². The van der Waals surface area contributed by atoms with E-state index in [9.17, 15) is 0 Å². The van der Waals surface area contributed by atoms with Crippen LogP contribution in [0.5, 0.6) is 0 Å². The van der Waals surface area contributed by atoms with E-state index in [0.29, 0.717) is 12.0 Å². The van der Waals surface area contributed by atoms with Crippen molar-refractivity contribution in [1.82, 2.24) is 0 Å². The molecule has 0 aromatic heterocycles. The van der Waals surface area contributed by atoms with E-state index in [1.807, 2.05) is 0 Å². The molecule has 0 saturated carbocycles. The van der Waals surface area contributed by atoms with E-state index in [1.54, 1.807) is 0 Å². The van der Waals surface area contributed by atoms with E-state index >= 15 is 0 Å². The Bertz CT molecular complexity index is 127. The molecule has 0 aliphatic carbocycles. The second-order valence-corrected chi connectivity index (χ2v) is 2.78. The Morgan fingerprint density at radius 2 is 2.22 bits per heavy atom. The fourth-order valence-electron chi connectivity index (χ4n) is 1.03. The zero-order valence-electron chi connectivity index (χ0n) is 6.35. The van der Waals surface area contributed by atoms with E-state index in [2.05, 4.69) is 26.8 Å². The van der Waals surface area contributed by atoms with Crippen LogP contribution < -0.4 is 0 Å². The van der Waals surface area contributed by atoms with E-state index in [0.717, 1.165) is 6.61 Å². The fourth-order valence-corrected chi connectivity index (χ4v) is 1.03. The molecule has 0 aromatic carbocycles. The normalized spacial score (nSPS) is 36.1. The molecule has 0 spiro atoms. The molecule has 0 saturated heterocycles. The van der Waals surface area contributed by atoms with Gasteiger partial charge in [0.15, 0.2) is 0 Å². The third kappa shape index (κ3) is 1.33. The maximum atomic E-state index is 5.38. The van der Waals surface area contributed by atoms with Crippen LogP contribution in [0.3, 0.4) is 0 Å². The second-order valence-electron chi connectivity index (χ2n) is 2.78. The van der Waals surface area contributed by atoms with Gasteiger partial charge in [0.1, 0.15) is 0 Å². The van der Waals surface area contributed by atoms with Crippen molar-refractivity contribution in [3.05, 3.63) is 11.6 Å². The first kappa shape index (κ1) is 6.81. The van der Waals surface area contributed by atoms with Crippen LogP contribution in [0.25, 0.3) is 0 Å². The fraction of sp³-hybridized carbons (Fsp3) is 0.750. The summed E-state index contributed by atoms with van der Waals surface area (Å²) in [5.41, 5.74) is 1.47. The van der Waals surface area contributed by atoms with Gasteiger partial charge in [-0.3, -0.25) is 0 Å². The quantitative estimate of drug-likeness (QED) is 0.451. The van der Waals surface area contributed by atoms with Crippen molar-refractivity contribution in [3.63, 3.8) is 0 Å². The van der Waals surface area contributed by atoms with Gasteiger partial charge in [0, 0.05) is 5.92 Å². The zero-order chi connectivity index (χ0) is 6.85. The van der Waals surface area contributed by atoms with E-state index in [4.69, 9.17) is 4.74 Å². The minimum absolute atomic E-state index is 0.412. The molecule has 1 rings (SSSR count). The topological polar surface area (TPSA) is 9.23 Å². The highest BCUT2D eigenvalue weighted by atomic mass is 16.5. The van der Waals surface area contributed by atoms with Gasteiger partial charge in [-0.25, -0.2) is 0 Å². The van der Waals surface area contributed by atoms with Crippen LogP contribution >= 0.6 is 0 Å². The average molecular weight is 126 g/mol. The van der Waals surface area contributed by atoms with Gasteiger partial charge >= 0.3 is 0 Å². The monoisotopic (exact) mass is 126 g/mol. The number of hydrogen-bond donors (Lipinski definition) is 0. The molecule has 2 atom stereocenters. The maximum absolute atomic E-state index is 5.38. The van der Waals surface area contributed by atoms with Crippen molar-refractivity contribution >= 4 is 0 Å². The van der Waals surface area contributed by atoms with E-state index in [-0.39, 0.29) is 0 Å². The Hall–Kier alpha value is -0.300. The van der Waals surface area contributed by atoms with Gasteiger partial charge in [0.05, 0.1) is 12.7 Å². The molecule has 0 bridgehead atoms. The molecule has 0 fully saturated rings. The van der Waals surface area contributed by atoms with Crippen molar-refractivity contribution < 1.29 is 4.74 Å². The maximum Gasteiger partial charge on any atom is 0.0654 e. The Balaban J connectivity index is 2.62. The summed E-state index contributed by atoms with van der Waals surface area (Å²) in [4.78, 5) is 0. The molecule has 9 heavy (non-hydrogen) atoms. The molecule has 52 valence electrons. The summed E-state index contributed by atoms with van der Waals surface area (Å²) in [6, 6.07) is 0. The predicted molar refractivity (Wildman–Crippen MR) is 38.3 cm³/mol. The number of hydrogen-bond acceptors (Lipinski definition) is 1. The highest BCUT2D eigenvalue weighted by Crippen LogP contribution is 2.20. The lowest BCUT2D eigenvalue weighted by Crippen LogP contribution is -2.23. The van der Waals surface area contributed by atoms with Crippen LogP contribution in [0.4, 0.5) is 0 Å². The third-order valence-corrected chi connectivity index (χ3v) is 2.19. The molecular formula is C8H14O. The van der Waals surface area contributed by atoms with Gasteiger partial charge in [0.25, 0.3) is 0 Å². The minimum atomic E-state index is 0.412. The van der Waals surface area contributed by atoms with Crippen LogP contribution in [-0.4, -0.2) is 12.7 Å². The second kappa shape index (κ2) is 2.53. The van der Waals surface area contributed by atoms with Crippen molar-refractivity contribution in [2.75, 3.05) is 6.61 Å². The minimum Gasteiger partial charge on any atom is -0.374 e. The van der Waals surface area contributed by atoms with Crippen LogP contribution in [0, 0.1) is 5.92 Å². The van der Waals surface area contributed by atoms with Crippen molar-refractivity contribution in [3.8, 4) is 0 Å².